The van der Waals surface area contributed by atoms with E-state index < -0.39 is 0 Å². The van der Waals surface area contributed by atoms with Crippen molar-refractivity contribution in [2.45, 2.75) is 13.0 Å². The molecule has 5 nitrogen and oxygen atoms in total. The summed E-state index contributed by atoms with van der Waals surface area (Å²) in [5.74, 6) is -0.266. The van der Waals surface area contributed by atoms with Gasteiger partial charge in [0.25, 0.3) is 0 Å². The van der Waals surface area contributed by atoms with Crippen LogP contribution in [0.25, 0.3) is 0 Å². The summed E-state index contributed by atoms with van der Waals surface area (Å²) in [6, 6.07) is 6.23. The quantitative estimate of drug-likeness (QED) is 0.823. The number of halogens is 1. The third-order valence-electron chi connectivity index (χ3n) is 3.37. The first kappa shape index (κ1) is 15.4. The van der Waals surface area contributed by atoms with E-state index in [-0.39, 0.29) is 11.7 Å². The highest BCUT2D eigenvalue weighted by Crippen LogP contribution is 2.09. The third kappa shape index (κ3) is 4.52. The van der Waals surface area contributed by atoms with Crippen molar-refractivity contribution in [2.75, 3.05) is 32.8 Å². The van der Waals surface area contributed by atoms with Crippen molar-refractivity contribution in [1.82, 2.24) is 10.2 Å². The molecule has 2 rings (SSSR count). The van der Waals surface area contributed by atoms with Crippen molar-refractivity contribution >= 4 is 5.91 Å². The fourth-order valence-electron chi connectivity index (χ4n) is 2.17. The Hall–Kier alpha value is -1.97. The molecule has 0 spiro atoms. The fraction of sp³-hybridized carbons (Fsp3) is 0.467. The molecule has 1 aliphatic rings. The first-order chi connectivity index (χ1) is 10.2. The standard InChI is InChI=1S/C15H18FN3O2/c16-14-2-1-12(10-17)9-13(14)11-18-4-3-15(20)19-5-7-21-8-6-19/h1-2,9,18H,3-8,11H2. The van der Waals surface area contributed by atoms with Gasteiger partial charge in [-0.1, -0.05) is 0 Å². The van der Waals surface area contributed by atoms with E-state index in [1.165, 1.54) is 18.2 Å². The maximum absolute atomic E-state index is 13.5. The van der Waals surface area contributed by atoms with E-state index in [2.05, 4.69) is 5.32 Å². The number of nitrogens with zero attached hydrogens (tertiary/aromatic N) is 2. The van der Waals surface area contributed by atoms with Gasteiger partial charge < -0.3 is 15.0 Å². The van der Waals surface area contributed by atoms with E-state index in [1.54, 1.807) is 4.90 Å². The summed E-state index contributed by atoms with van der Waals surface area (Å²) >= 11 is 0. The van der Waals surface area contributed by atoms with Crippen molar-refractivity contribution < 1.29 is 13.9 Å². The van der Waals surface area contributed by atoms with Crippen LogP contribution in [0.5, 0.6) is 0 Å². The summed E-state index contributed by atoms with van der Waals surface area (Å²) in [5, 5.41) is 11.8. The molecule has 1 heterocycles. The molecular formula is C15H18FN3O2. The van der Waals surface area contributed by atoms with Gasteiger partial charge in [0.05, 0.1) is 24.8 Å². The highest BCUT2D eigenvalue weighted by atomic mass is 19.1. The number of ether oxygens (including phenoxy) is 1. The molecule has 1 aliphatic heterocycles. The van der Waals surface area contributed by atoms with E-state index in [1.807, 2.05) is 6.07 Å². The Morgan fingerprint density at radius 2 is 2.19 bits per heavy atom. The summed E-state index contributed by atoms with van der Waals surface area (Å²) < 4.78 is 18.7. The lowest BCUT2D eigenvalue weighted by Gasteiger charge is -2.26. The van der Waals surface area contributed by atoms with Gasteiger partial charge in [0.2, 0.25) is 5.91 Å². The summed E-state index contributed by atoms with van der Waals surface area (Å²) in [5.41, 5.74) is 0.866. The number of carbonyl (C=O) groups is 1. The van der Waals surface area contributed by atoms with Crippen LogP contribution in [0, 0.1) is 17.1 Å². The van der Waals surface area contributed by atoms with Gasteiger partial charge >= 0.3 is 0 Å². The molecule has 0 unspecified atom stereocenters. The Kier molecular flexibility index (Phi) is 5.67. The van der Waals surface area contributed by atoms with Gasteiger partial charge in [-0.15, -0.1) is 0 Å². The number of morpholine rings is 1. The molecule has 1 fully saturated rings. The van der Waals surface area contributed by atoms with Crippen molar-refractivity contribution in [3.05, 3.63) is 35.1 Å². The number of amides is 1. The average molecular weight is 291 g/mol. The highest BCUT2D eigenvalue weighted by molar-refractivity contribution is 5.76. The first-order valence-corrected chi connectivity index (χ1v) is 6.95. The van der Waals surface area contributed by atoms with Crippen LogP contribution in [0.4, 0.5) is 4.39 Å². The van der Waals surface area contributed by atoms with Gasteiger partial charge in [-0.25, -0.2) is 4.39 Å². The maximum atomic E-state index is 13.5. The second-order valence-corrected chi connectivity index (χ2v) is 4.84. The molecule has 0 aliphatic carbocycles. The number of rotatable bonds is 5. The second kappa shape index (κ2) is 7.72. The van der Waals surface area contributed by atoms with E-state index >= 15 is 0 Å². The van der Waals surface area contributed by atoms with Crippen molar-refractivity contribution in [2.24, 2.45) is 0 Å². The molecule has 0 saturated carbocycles. The summed E-state index contributed by atoms with van der Waals surface area (Å²) in [4.78, 5) is 13.7. The van der Waals surface area contributed by atoms with Gasteiger partial charge in [0.15, 0.2) is 0 Å². The SMILES string of the molecule is N#Cc1ccc(F)c(CNCCC(=O)N2CCOCC2)c1. The monoisotopic (exact) mass is 291 g/mol. The third-order valence-corrected chi connectivity index (χ3v) is 3.37. The molecule has 0 bridgehead atoms. The van der Waals surface area contributed by atoms with Crippen molar-refractivity contribution in [3.8, 4) is 6.07 Å². The van der Waals surface area contributed by atoms with E-state index in [0.29, 0.717) is 56.9 Å². The average Bonchev–Trinajstić information content (AvgIpc) is 2.53. The lowest BCUT2D eigenvalue weighted by Crippen LogP contribution is -2.41. The molecule has 1 aromatic rings. The van der Waals surface area contributed by atoms with Gasteiger partial charge in [-0.05, 0) is 18.2 Å². The molecule has 1 aromatic carbocycles. The molecule has 112 valence electrons. The van der Waals surface area contributed by atoms with Crippen molar-refractivity contribution in [1.29, 1.82) is 5.26 Å². The highest BCUT2D eigenvalue weighted by Gasteiger charge is 2.15. The molecule has 1 N–H and O–H groups in total. The maximum Gasteiger partial charge on any atom is 0.224 e. The molecule has 21 heavy (non-hydrogen) atoms. The number of nitrogens with one attached hydrogen (secondary N) is 1. The summed E-state index contributed by atoms with van der Waals surface area (Å²) in [7, 11) is 0. The zero-order valence-electron chi connectivity index (χ0n) is 11.8. The van der Waals surface area contributed by atoms with Gasteiger partial charge in [-0.3, -0.25) is 4.79 Å². The zero-order valence-corrected chi connectivity index (χ0v) is 11.8. The molecular weight excluding hydrogens is 273 g/mol. The number of carbonyl (C=O) groups excluding carboxylic acids is 1. The first-order valence-electron chi connectivity index (χ1n) is 6.95. The van der Waals surface area contributed by atoms with Crippen LogP contribution in [-0.4, -0.2) is 43.7 Å². The lowest BCUT2D eigenvalue weighted by atomic mass is 10.1. The number of hydrogen-bond acceptors (Lipinski definition) is 4. The van der Waals surface area contributed by atoms with Crippen LogP contribution in [0.1, 0.15) is 17.5 Å². The molecule has 6 heteroatoms. The smallest absolute Gasteiger partial charge is 0.224 e. The van der Waals surface area contributed by atoms with Crippen LogP contribution < -0.4 is 5.32 Å². The molecule has 0 radical (unpaired) electrons. The largest absolute Gasteiger partial charge is 0.378 e. The van der Waals surface area contributed by atoms with Gasteiger partial charge in [-0.2, -0.15) is 5.26 Å². The second-order valence-electron chi connectivity index (χ2n) is 4.84. The Balaban J connectivity index is 1.74. The van der Waals surface area contributed by atoms with Crippen LogP contribution in [0.2, 0.25) is 0 Å². The van der Waals surface area contributed by atoms with Crippen LogP contribution in [0.3, 0.4) is 0 Å². The number of hydrogen-bond donors (Lipinski definition) is 1. The summed E-state index contributed by atoms with van der Waals surface area (Å²) in [6.07, 6.45) is 0.375. The Morgan fingerprint density at radius 1 is 1.43 bits per heavy atom. The Bertz CT molecular complexity index is 536. The van der Waals surface area contributed by atoms with Crippen LogP contribution in [-0.2, 0) is 16.1 Å². The lowest BCUT2D eigenvalue weighted by molar-refractivity contribution is -0.135. The minimum Gasteiger partial charge on any atom is -0.378 e. The van der Waals surface area contributed by atoms with Gasteiger partial charge in [0, 0.05) is 38.2 Å². The Morgan fingerprint density at radius 3 is 2.90 bits per heavy atom. The van der Waals surface area contributed by atoms with E-state index in [4.69, 9.17) is 10.00 Å². The molecule has 1 amide bonds. The molecule has 1 saturated heterocycles. The molecule has 0 atom stereocenters. The minimum absolute atomic E-state index is 0.0806. The fourth-order valence-corrected chi connectivity index (χ4v) is 2.17. The van der Waals surface area contributed by atoms with Gasteiger partial charge in [0.1, 0.15) is 5.82 Å². The van der Waals surface area contributed by atoms with E-state index in [0.717, 1.165) is 0 Å². The minimum atomic E-state index is -0.346. The van der Waals surface area contributed by atoms with E-state index in [9.17, 15) is 9.18 Å². The number of benzene rings is 1. The van der Waals surface area contributed by atoms with Crippen molar-refractivity contribution in [3.63, 3.8) is 0 Å². The number of nitriles is 1. The predicted molar refractivity (Wildman–Crippen MR) is 74.8 cm³/mol. The predicted octanol–water partition coefficient (Wildman–Crippen LogP) is 1.04. The van der Waals surface area contributed by atoms with Crippen LogP contribution in [0.15, 0.2) is 18.2 Å². The molecule has 0 aromatic heterocycles. The zero-order chi connectivity index (χ0) is 15.1. The normalized spacial score (nSPS) is 14.8. The summed E-state index contributed by atoms with van der Waals surface area (Å²) in [6.45, 7) is 3.23. The Labute approximate surface area is 123 Å². The topological polar surface area (TPSA) is 65.4 Å². The van der Waals surface area contributed by atoms with Crippen LogP contribution >= 0.6 is 0 Å².